The molecule has 5 nitrogen and oxygen atoms in total. The molecular weight excluding hydrogens is 266 g/mol. The summed E-state index contributed by atoms with van der Waals surface area (Å²) in [5.41, 5.74) is 0.861. The highest BCUT2D eigenvalue weighted by molar-refractivity contribution is 5.76. The van der Waals surface area contributed by atoms with Gasteiger partial charge in [0.05, 0.1) is 5.69 Å². The van der Waals surface area contributed by atoms with Crippen molar-refractivity contribution in [2.45, 2.75) is 25.3 Å². The Balaban J connectivity index is 1.45. The fraction of sp³-hybridized carbons (Fsp3) is 0.562. The minimum Gasteiger partial charge on any atom is -0.506 e. The van der Waals surface area contributed by atoms with Crippen LogP contribution in [0.4, 0.5) is 5.69 Å². The second-order valence-electron chi connectivity index (χ2n) is 5.83. The third-order valence-electron chi connectivity index (χ3n) is 4.20. The van der Waals surface area contributed by atoms with E-state index in [-0.39, 0.29) is 5.91 Å². The van der Waals surface area contributed by atoms with Crippen LogP contribution in [0, 0.1) is 0 Å². The van der Waals surface area contributed by atoms with Gasteiger partial charge in [0.2, 0.25) is 5.91 Å². The minimum absolute atomic E-state index is 0.236. The van der Waals surface area contributed by atoms with Crippen molar-refractivity contribution in [1.29, 1.82) is 0 Å². The van der Waals surface area contributed by atoms with E-state index >= 15 is 0 Å². The van der Waals surface area contributed by atoms with E-state index in [1.165, 1.54) is 12.8 Å². The van der Waals surface area contributed by atoms with Gasteiger partial charge in [0.15, 0.2) is 0 Å². The van der Waals surface area contributed by atoms with Gasteiger partial charge in [-0.1, -0.05) is 12.1 Å². The standard InChI is InChI=1S/C16H23N3O2/c20-15-4-2-1-3-14(15)18-9-11-19(12-10-18)16(21)7-8-17-13-5-6-13/h1-4,13,17,20H,5-12H2. The van der Waals surface area contributed by atoms with Crippen molar-refractivity contribution in [3.8, 4) is 5.75 Å². The molecule has 0 bridgehead atoms. The quantitative estimate of drug-likeness (QED) is 0.855. The molecule has 0 spiro atoms. The highest BCUT2D eigenvalue weighted by atomic mass is 16.3. The van der Waals surface area contributed by atoms with Gasteiger partial charge < -0.3 is 20.2 Å². The van der Waals surface area contributed by atoms with E-state index in [0.717, 1.165) is 38.4 Å². The molecule has 1 heterocycles. The van der Waals surface area contributed by atoms with Gasteiger partial charge in [0.1, 0.15) is 5.75 Å². The summed E-state index contributed by atoms with van der Waals surface area (Å²) in [5, 5.41) is 13.3. The van der Waals surface area contributed by atoms with E-state index in [4.69, 9.17) is 0 Å². The van der Waals surface area contributed by atoms with Crippen molar-refractivity contribution < 1.29 is 9.90 Å². The van der Waals surface area contributed by atoms with E-state index in [1.54, 1.807) is 6.07 Å². The lowest BCUT2D eigenvalue weighted by Gasteiger charge is -2.36. The van der Waals surface area contributed by atoms with Crippen LogP contribution in [0.3, 0.4) is 0 Å². The molecule has 1 amide bonds. The molecule has 5 heteroatoms. The zero-order valence-corrected chi connectivity index (χ0v) is 12.3. The molecule has 2 N–H and O–H groups in total. The molecule has 1 aromatic carbocycles. The lowest BCUT2D eigenvalue weighted by Crippen LogP contribution is -2.49. The van der Waals surface area contributed by atoms with Crippen molar-refractivity contribution in [2.75, 3.05) is 37.6 Å². The maximum Gasteiger partial charge on any atom is 0.223 e. The van der Waals surface area contributed by atoms with Gasteiger partial charge in [-0.25, -0.2) is 0 Å². The Kier molecular flexibility index (Phi) is 4.29. The van der Waals surface area contributed by atoms with Crippen molar-refractivity contribution in [3.63, 3.8) is 0 Å². The van der Waals surface area contributed by atoms with Crippen molar-refractivity contribution in [1.82, 2.24) is 10.2 Å². The maximum absolute atomic E-state index is 12.1. The molecule has 114 valence electrons. The van der Waals surface area contributed by atoms with Crippen LogP contribution >= 0.6 is 0 Å². The predicted molar refractivity (Wildman–Crippen MR) is 82.5 cm³/mol. The number of phenols is 1. The number of amides is 1. The fourth-order valence-corrected chi connectivity index (χ4v) is 2.76. The number of piperazine rings is 1. The van der Waals surface area contributed by atoms with E-state index in [9.17, 15) is 9.90 Å². The first kappa shape index (κ1) is 14.2. The summed E-state index contributed by atoms with van der Waals surface area (Å²) in [6, 6.07) is 8.04. The van der Waals surface area contributed by atoms with Gasteiger partial charge in [0, 0.05) is 45.2 Å². The summed E-state index contributed by atoms with van der Waals surface area (Å²) in [6.07, 6.45) is 3.11. The van der Waals surface area contributed by atoms with Gasteiger partial charge >= 0.3 is 0 Å². The van der Waals surface area contributed by atoms with Crippen LogP contribution in [0.5, 0.6) is 5.75 Å². The first-order valence-electron chi connectivity index (χ1n) is 7.78. The molecular formula is C16H23N3O2. The molecule has 0 atom stereocenters. The lowest BCUT2D eigenvalue weighted by molar-refractivity contribution is -0.131. The monoisotopic (exact) mass is 289 g/mol. The van der Waals surface area contributed by atoms with E-state index < -0.39 is 0 Å². The highest BCUT2D eigenvalue weighted by Gasteiger charge is 2.24. The Labute approximate surface area is 125 Å². The van der Waals surface area contributed by atoms with Gasteiger partial charge in [-0.05, 0) is 25.0 Å². The van der Waals surface area contributed by atoms with Crippen LogP contribution in [0.15, 0.2) is 24.3 Å². The number of hydrogen-bond donors (Lipinski definition) is 2. The Morgan fingerprint density at radius 1 is 1.19 bits per heavy atom. The largest absolute Gasteiger partial charge is 0.506 e. The molecule has 0 aromatic heterocycles. The number of aromatic hydroxyl groups is 1. The Morgan fingerprint density at radius 3 is 2.57 bits per heavy atom. The third-order valence-corrected chi connectivity index (χ3v) is 4.20. The Bertz CT molecular complexity index is 494. The average molecular weight is 289 g/mol. The van der Waals surface area contributed by atoms with Crippen LogP contribution in [-0.2, 0) is 4.79 Å². The summed E-state index contributed by atoms with van der Waals surface area (Å²) in [4.78, 5) is 16.2. The minimum atomic E-state index is 0.236. The Hall–Kier alpha value is -1.75. The molecule has 1 aliphatic carbocycles. The number of carbonyl (C=O) groups is 1. The van der Waals surface area contributed by atoms with Crippen LogP contribution in [0.25, 0.3) is 0 Å². The van der Waals surface area contributed by atoms with Crippen LogP contribution in [-0.4, -0.2) is 54.7 Å². The summed E-state index contributed by atoms with van der Waals surface area (Å²) < 4.78 is 0. The van der Waals surface area contributed by atoms with E-state index in [0.29, 0.717) is 18.2 Å². The van der Waals surface area contributed by atoms with Crippen molar-refractivity contribution in [3.05, 3.63) is 24.3 Å². The van der Waals surface area contributed by atoms with Crippen LogP contribution in [0.2, 0.25) is 0 Å². The van der Waals surface area contributed by atoms with E-state index in [2.05, 4.69) is 10.2 Å². The summed E-state index contributed by atoms with van der Waals surface area (Å²) in [5.74, 6) is 0.547. The Morgan fingerprint density at radius 2 is 1.90 bits per heavy atom. The predicted octanol–water partition coefficient (Wildman–Crippen LogP) is 1.18. The van der Waals surface area contributed by atoms with Gasteiger partial charge in [-0.2, -0.15) is 0 Å². The molecule has 0 radical (unpaired) electrons. The lowest BCUT2D eigenvalue weighted by atomic mass is 10.2. The number of benzene rings is 1. The number of anilines is 1. The second-order valence-corrected chi connectivity index (χ2v) is 5.83. The molecule has 3 rings (SSSR count). The third kappa shape index (κ3) is 3.67. The zero-order chi connectivity index (χ0) is 14.7. The molecule has 1 saturated heterocycles. The zero-order valence-electron chi connectivity index (χ0n) is 12.3. The topological polar surface area (TPSA) is 55.8 Å². The van der Waals surface area contributed by atoms with Crippen LogP contribution < -0.4 is 10.2 Å². The van der Waals surface area contributed by atoms with Gasteiger partial charge in [-0.15, -0.1) is 0 Å². The van der Waals surface area contributed by atoms with E-state index in [1.807, 2.05) is 23.1 Å². The molecule has 0 unspecified atom stereocenters. The number of phenolic OH excluding ortho intramolecular Hbond substituents is 1. The fourth-order valence-electron chi connectivity index (χ4n) is 2.76. The summed E-state index contributed by atoms with van der Waals surface area (Å²) in [6.45, 7) is 3.81. The SMILES string of the molecule is O=C(CCNC1CC1)N1CCN(c2ccccc2O)CC1. The smallest absolute Gasteiger partial charge is 0.223 e. The number of para-hydroxylation sites is 2. The molecule has 1 aromatic rings. The van der Waals surface area contributed by atoms with Crippen molar-refractivity contribution >= 4 is 11.6 Å². The number of nitrogens with zero attached hydrogens (tertiary/aromatic N) is 2. The normalized spacial score (nSPS) is 18.9. The average Bonchev–Trinajstić information content (AvgIpc) is 3.32. The molecule has 1 saturated carbocycles. The molecule has 21 heavy (non-hydrogen) atoms. The summed E-state index contributed by atoms with van der Waals surface area (Å²) >= 11 is 0. The number of nitrogens with one attached hydrogen (secondary N) is 1. The number of rotatable bonds is 5. The number of hydrogen-bond acceptors (Lipinski definition) is 4. The maximum atomic E-state index is 12.1. The molecule has 2 fully saturated rings. The first-order chi connectivity index (χ1) is 10.2. The number of carbonyl (C=O) groups excluding carboxylic acids is 1. The molecule has 1 aliphatic heterocycles. The van der Waals surface area contributed by atoms with Crippen LogP contribution in [0.1, 0.15) is 19.3 Å². The van der Waals surface area contributed by atoms with Crippen molar-refractivity contribution in [2.24, 2.45) is 0 Å². The van der Waals surface area contributed by atoms with Gasteiger partial charge in [-0.3, -0.25) is 4.79 Å². The highest BCUT2D eigenvalue weighted by Crippen LogP contribution is 2.27. The van der Waals surface area contributed by atoms with Gasteiger partial charge in [0.25, 0.3) is 0 Å². The first-order valence-corrected chi connectivity index (χ1v) is 7.78. The second kappa shape index (κ2) is 6.35. The molecule has 2 aliphatic rings. The summed E-state index contributed by atoms with van der Waals surface area (Å²) in [7, 11) is 0.